The number of pyridine rings is 2. The summed E-state index contributed by atoms with van der Waals surface area (Å²) in [6, 6.07) is 48.0. The maximum absolute atomic E-state index is 7.00. The van der Waals surface area contributed by atoms with Crippen molar-refractivity contribution in [1.29, 1.82) is 0 Å². The number of imidazole rings is 1. The van der Waals surface area contributed by atoms with Crippen molar-refractivity contribution in [2.75, 3.05) is 0 Å². The van der Waals surface area contributed by atoms with E-state index in [9.17, 15) is 0 Å². The van der Waals surface area contributed by atoms with Crippen LogP contribution in [0.2, 0.25) is 0 Å². The third kappa shape index (κ3) is 7.32. The minimum Gasteiger partial charge on any atom is -0.510 e. The zero-order valence-corrected chi connectivity index (χ0v) is 46.9. The minimum absolute atomic E-state index is 0. The third-order valence-corrected chi connectivity index (χ3v) is 15.5. The van der Waals surface area contributed by atoms with Crippen LogP contribution >= 0.6 is 0 Å². The first kappa shape index (κ1) is 48.6. The minimum atomic E-state index is -0.703. The number of para-hydroxylation sites is 2. The van der Waals surface area contributed by atoms with Gasteiger partial charge in [0.25, 0.3) is 0 Å². The Labute approximate surface area is 445 Å². The Morgan fingerprint density at radius 1 is 0.603 bits per heavy atom. The van der Waals surface area contributed by atoms with Gasteiger partial charge in [0.2, 0.25) is 6.33 Å². The topological polar surface area (TPSA) is 48.8 Å². The van der Waals surface area contributed by atoms with Gasteiger partial charge >= 0.3 is 0 Å². The van der Waals surface area contributed by atoms with E-state index in [4.69, 9.17) is 9.72 Å². The summed E-state index contributed by atoms with van der Waals surface area (Å²) in [4.78, 5) is 9.43. The molecule has 1 aliphatic heterocycles. The molecule has 6 aromatic carbocycles. The number of ether oxygens (including phenoxy) is 1. The molecule has 0 saturated heterocycles. The number of nitrogens with zero attached hydrogens (tertiary/aromatic N) is 5. The van der Waals surface area contributed by atoms with Gasteiger partial charge in [-0.25, -0.2) is 4.98 Å². The predicted octanol–water partition coefficient (Wildman–Crippen LogP) is 15.4. The quantitative estimate of drug-likeness (QED) is 0.130. The Bertz CT molecular complexity index is 3820. The van der Waals surface area contributed by atoms with E-state index in [0.717, 1.165) is 61.0 Å². The molecule has 2 aliphatic rings. The number of hydrogen-bond acceptors (Lipinski definition) is 3. The van der Waals surface area contributed by atoms with Gasteiger partial charge in [0.05, 0.1) is 18.1 Å². The van der Waals surface area contributed by atoms with E-state index < -0.39 is 5.41 Å². The molecule has 0 N–H and O–H groups in total. The van der Waals surface area contributed by atoms with Gasteiger partial charge in [0.1, 0.15) is 5.82 Å². The van der Waals surface area contributed by atoms with Gasteiger partial charge < -0.3 is 18.4 Å². The van der Waals surface area contributed by atoms with E-state index in [2.05, 4.69) is 231 Å². The van der Waals surface area contributed by atoms with Gasteiger partial charge in [0, 0.05) is 73.2 Å². The predicted molar refractivity (Wildman–Crippen MR) is 293 cm³/mol. The van der Waals surface area contributed by atoms with E-state index >= 15 is 0 Å². The summed E-state index contributed by atoms with van der Waals surface area (Å²) in [5, 5.41) is 2.20. The summed E-state index contributed by atoms with van der Waals surface area (Å²) >= 11 is 0. The molecule has 0 unspecified atom stereocenters. The van der Waals surface area contributed by atoms with Crippen LogP contribution in [-0.2, 0) is 55.2 Å². The maximum Gasteiger partial charge on any atom is 0.242 e. The Morgan fingerprint density at radius 3 is 1.86 bits per heavy atom. The Balaban J connectivity index is 0.00000574. The second kappa shape index (κ2) is 16.4. The molecule has 6 nitrogen and oxygen atoms in total. The number of fused-ring (bicyclic) bond motifs is 12. The fraction of sp³-hybridized carbons (Fsp3) is 0.288. The second-order valence-electron chi connectivity index (χ2n) is 24.5. The van der Waals surface area contributed by atoms with Crippen LogP contribution < -0.4 is 9.30 Å². The van der Waals surface area contributed by atoms with E-state index in [0.29, 0.717) is 11.5 Å². The van der Waals surface area contributed by atoms with Crippen LogP contribution in [0.1, 0.15) is 133 Å². The summed E-state index contributed by atoms with van der Waals surface area (Å²) in [5.41, 5.74) is 20.3. The Morgan fingerprint density at radius 2 is 1.25 bits per heavy atom. The molecule has 7 heteroatoms. The summed E-state index contributed by atoms with van der Waals surface area (Å²) in [7, 11) is 2.11. The van der Waals surface area contributed by atoms with Crippen molar-refractivity contribution < 1.29 is 30.4 Å². The Hall–Kier alpha value is -6.62. The monoisotopic (exact) mass is 1140 g/mol. The van der Waals surface area contributed by atoms with Crippen molar-refractivity contribution in [1.82, 2.24) is 19.1 Å². The van der Waals surface area contributed by atoms with Crippen LogP contribution in [0, 0.1) is 25.4 Å². The summed E-state index contributed by atoms with van der Waals surface area (Å²) in [6.45, 7) is 30.6. The zero-order chi connectivity index (χ0) is 50.6. The molecule has 73 heavy (non-hydrogen) atoms. The average molecular weight is 1140 g/mol. The summed E-state index contributed by atoms with van der Waals surface area (Å²) < 4.78 is 13.6. The van der Waals surface area contributed by atoms with Crippen molar-refractivity contribution in [2.24, 2.45) is 7.05 Å². The molecule has 4 aromatic heterocycles. The second-order valence-corrected chi connectivity index (χ2v) is 24.5. The molecule has 10 aromatic rings. The van der Waals surface area contributed by atoms with Gasteiger partial charge in [-0.1, -0.05) is 161 Å². The smallest absolute Gasteiger partial charge is 0.242 e. The molecule has 370 valence electrons. The van der Waals surface area contributed by atoms with Crippen molar-refractivity contribution in [2.45, 2.75) is 117 Å². The van der Waals surface area contributed by atoms with E-state index in [1.165, 1.54) is 55.6 Å². The molecular weight excluding hydrogens is 1070 g/mol. The van der Waals surface area contributed by atoms with Crippen LogP contribution in [0.4, 0.5) is 0 Å². The standard InChI is InChI=1S/C66H63N5O.Pt/c1-39-29-58(68-37-49(39)40-19-18-28-67-36-40)71-54-22-16-15-20-45(54)46-26-24-43(34-56(46)71)72-44-25-27-50-57(35-44)70-38-69(14)55-23-17-21-51(61(55)70)66(50)59-47(30-41(62(2,3)4)32-52(59)64(8,9)10)48-31-42(63(5,6)7)33-53(60(48)66)65(11,12)13;/h15-33,36-37H,1-14H3;/q-2;. The van der Waals surface area contributed by atoms with Gasteiger partial charge in [0.15, 0.2) is 0 Å². The molecule has 0 saturated carbocycles. The van der Waals surface area contributed by atoms with Gasteiger partial charge in [-0.05, 0) is 108 Å². The average Bonchev–Trinajstić information content (AvgIpc) is 3.95. The normalized spacial score (nSPS) is 13.9. The molecule has 0 fully saturated rings. The molecule has 12 rings (SSSR count). The van der Waals surface area contributed by atoms with Crippen LogP contribution in [0.25, 0.3) is 66.6 Å². The summed E-state index contributed by atoms with van der Waals surface area (Å²) in [6.07, 6.45) is 9.39. The van der Waals surface area contributed by atoms with Gasteiger partial charge in [-0.2, -0.15) is 12.1 Å². The van der Waals surface area contributed by atoms with Crippen LogP contribution in [0.3, 0.4) is 0 Å². The first-order valence-electron chi connectivity index (χ1n) is 25.5. The first-order valence-corrected chi connectivity index (χ1v) is 25.5. The van der Waals surface area contributed by atoms with E-state index in [1.54, 1.807) is 6.20 Å². The number of aromatic nitrogens is 5. The SMILES string of the molecule is Cc1cc(-n2c3[c-]c(Oc4[c-]c5c(cc4)C4(c6c(cc(C(C)(C)C)cc6C(C)(C)C)-c6cc(C(C)(C)C)cc(C(C)(C)C)c64)c4cccc6c4n-5[c-][n+]6C)ccc3c3ccccc32)ncc1-c1cccnc1.[Pt]. The van der Waals surface area contributed by atoms with Crippen molar-refractivity contribution >= 4 is 32.8 Å². The molecular formula is C66H63N5OPt-2. The fourth-order valence-electron chi connectivity index (χ4n) is 11.9. The zero-order valence-electron chi connectivity index (χ0n) is 44.6. The largest absolute Gasteiger partial charge is 0.510 e. The molecule has 5 heterocycles. The number of benzene rings is 6. The maximum atomic E-state index is 7.00. The molecule has 0 amide bonds. The molecule has 1 spiro atoms. The fourth-order valence-corrected chi connectivity index (χ4v) is 11.9. The van der Waals surface area contributed by atoms with Crippen LogP contribution in [0.5, 0.6) is 11.5 Å². The first-order chi connectivity index (χ1) is 34.0. The van der Waals surface area contributed by atoms with Crippen molar-refractivity contribution in [3.8, 4) is 45.3 Å². The van der Waals surface area contributed by atoms with Crippen molar-refractivity contribution in [3.05, 3.63) is 196 Å². The molecule has 0 atom stereocenters. The molecule has 0 bridgehead atoms. The Kier molecular flexibility index (Phi) is 11.0. The van der Waals surface area contributed by atoms with Crippen LogP contribution in [-0.4, -0.2) is 19.1 Å². The molecule has 1 aliphatic carbocycles. The number of rotatable bonds is 4. The van der Waals surface area contributed by atoms with Crippen LogP contribution in [0.15, 0.2) is 128 Å². The summed E-state index contributed by atoms with van der Waals surface area (Å²) in [5.74, 6) is 2.01. The number of hydrogen-bond donors (Lipinski definition) is 0. The van der Waals surface area contributed by atoms with E-state index in [-0.39, 0.29) is 42.7 Å². The van der Waals surface area contributed by atoms with E-state index in [1.807, 2.05) is 24.5 Å². The van der Waals surface area contributed by atoms with Gasteiger partial charge in [-0.15, -0.1) is 35.2 Å². The van der Waals surface area contributed by atoms with Gasteiger partial charge in [-0.3, -0.25) is 4.98 Å². The molecule has 0 radical (unpaired) electrons. The third-order valence-electron chi connectivity index (χ3n) is 15.5. The van der Waals surface area contributed by atoms with Crippen molar-refractivity contribution in [3.63, 3.8) is 0 Å². The number of aryl methyl sites for hydroxylation is 2.